The number of ether oxygens (including phenoxy) is 3. The molecule has 1 saturated carbocycles. The van der Waals surface area contributed by atoms with Crippen molar-refractivity contribution in [3.8, 4) is 17.2 Å². The van der Waals surface area contributed by atoms with Gasteiger partial charge in [-0.1, -0.05) is 6.42 Å². The maximum absolute atomic E-state index is 13.1. The maximum Gasteiger partial charge on any atom is 0.272 e. The summed E-state index contributed by atoms with van der Waals surface area (Å²) in [6, 6.07) is 3.68. The van der Waals surface area contributed by atoms with Crippen molar-refractivity contribution in [2.24, 2.45) is 0 Å². The number of aryl methyl sites for hydroxylation is 1. The third-order valence-electron chi connectivity index (χ3n) is 6.59. The zero-order valence-corrected chi connectivity index (χ0v) is 19.3. The number of likely N-dealkylation sites (tertiary alicyclic amines) is 1. The lowest BCUT2D eigenvalue weighted by Gasteiger charge is -2.32. The number of hydrogen-bond donors (Lipinski definition) is 0. The largest absolute Gasteiger partial charge is 0.496 e. The van der Waals surface area contributed by atoms with Gasteiger partial charge in [0.05, 0.1) is 26.5 Å². The van der Waals surface area contributed by atoms with Gasteiger partial charge in [0.1, 0.15) is 11.4 Å². The number of methoxy groups -OCH3 is 2. The minimum Gasteiger partial charge on any atom is -0.496 e. The fraction of sp³-hybridized carbons (Fsp3) is 0.560. The van der Waals surface area contributed by atoms with Crippen LogP contribution in [-0.4, -0.2) is 54.2 Å². The first-order valence-corrected chi connectivity index (χ1v) is 11.6. The van der Waals surface area contributed by atoms with Crippen LogP contribution in [0.25, 0.3) is 0 Å². The van der Waals surface area contributed by atoms with Gasteiger partial charge in [-0.15, -0.1) is 0 Å². The van der Waals surface area contributed by atoms with Gasteiger partial charge in [-0.3, -0.25) is 9.78 Å². The Balaban J connectivity index is 1.40. The molecule has 0 spiro atoms. The highest BCUT2D eigenvalue weighted by Crippen LogP contribution is 2.35. The van der Waals surface area contributed by atoms with Crippen LogP contribution in [0.15, 0.2) is 24.5 Å². The molecule has 0 radical (unpaired) electrons. The lowest BCUT2D eigenvalue weighted by molar-refractivity contribution is 0.0705. The third kappa shape index (κ3) is 4.97. The van der Waals surface area contributed by atoms with Crippen LogP contribution in [-0.2, 0) is 0 Å². The van der Waals surface area contributed by atoms with E-state index in [0.29, 0.717) is 36.2 Å². The van der Waals surface area contributed by atoms with Gasteiger partial charge in [0.2, 0.25) is 0 Å². The highest BCUT2D eigenvalue weighted by Gasteiger charge is 2.28. The second-order valence-corrected chi connectivity index (χ2v) is 8.73. The number of nitrogens with zero attached hydrogens (tertiary/aromatic N) is 3. The van der Waals surface area contributed by atoms with Crippen molar-refractivity contribution in [1.29, 1.82) is 0 Å². The van der Waals surface area contributed by atoms with Crippen LogP contribution in [0.1, 0.15) is 72.6 Å². The van der Waals surface area contributed by atoms with Gasteiger partial charge in [-0.05, 0) is 51.4 Å². The minimum absolute atomic E-state index is 0.0695. The number of pyridine rings is 2. The molecule has 32 heavy (non-hydrogen) atoms. The van der Waals surface area contributed by atoms with Crippen LogP contribution in [0.5, 0.6) is 17.2 Å². The molecular formula is C25H33N3O4. The maximum atomic E-state index is 13.1. The van der Waals surface area contributed by atoms with E-state index in [4.69, 9.17) is 14.2 Å². The number of aromatic nitrogens is 2. The summed E-state index contributed by atoms with van der Waals surface area (Å²) < 4.78 is 17.2. The number of carbonyl (C=O) groups excluding carboxylic acids is 1. The molecule has 1 aliphatic carbocycles. The summed E-state index contributed by atoms with van der Waals surface area (Å²) in [7, 11) is 3.30. The molecule has 3 heterocycles. The fourth-order valence-corrected chi connectivity index (χ4v) is 4.74. The van der Waals surface area contributed by atoms with E-state index in [9.17, 15) is 4.79 Å². The van der Waals surface area contributed by atoms with Crippen molar-refractivity contribution >= 4 is 5.91 Å². The highest BCUT2D eigenvalue weighted by atomic mass is 16.5. The summed E-state index contributed by atoms with van der Waals surface area (Å²) in [5.74, 6) is 2.32. The van der Waals surface area contributed by atoms with Crippen molar-refractivity contribution in [3.63, 3.8) is 0 Å². The van der Waals surface area contributed by atoms with Gasteiger partial charge in [-0.25, -0.2) is 4.98 Å². The third-order valence-corrected chi connectivity index (χ3v) is 6.59. The van der Waals surface area contributed by atoms with Gasteiger partial charge < -0.3 is 19.1 Å². The average molecular weight is 440 g/mol. The molecule has 4 rings (SSSR count). The number of hydrogen-bond acceptors (Lipinski definition) is 6. The Labute approximate surface area is 190 Å². The molecule has 0 aromatic carbocycles. The molecule has 2 fully saturated rings. The van der Waals surface area contributed by atoms with Crippen LogP contribution in [0, 0.1) is 6.92 Å². The van der Waals surface area contributed by atoms with Gasteiger partial charge >= 0.3 is 0 Å². The summed E-state index contributed by atoms with van der Waals surface area (Å²) in [4.78, 5) is 23.8. The lowest BCUT2D eigenvalue weighted by Crippen LogP contribution is -2.38. The van der Waals surface area contributed by atoms with Crippen molar-refractivity contribution in [1.82, 2.24) is 14.9 Å². The summed E-state index contributed by atoms with van der Waals surface area (Å²) in [5.41, 5.74) is 2.45. The van der Waals surface area contributed by atoms with Crippen LogP contribution in [0.4, 0.5) is 0 Å². The predicted molar refractivity (Wildman–Crippen MR) is 122 cm³/mol. The minimum atomic E-state index is -0.0695. The molecule has 0 bridgehead atoms. The fourth-order valence-electron chi connectivity index (χ4n) is 4.74. The topological polar surface area (TPSA) is 73.8 Å². The second kappa shape index (κ2) is 10.2. The Morgan fingerprint density at radius 1 is 0.906 bits per heavy atom. The summed E-state index contributed by atoms with van der Waals surface area (Å²) >= 11 is 0. The Morgan fingerprint density at radius 3 is 2.31 bits per heavy atom. The first kappa shape index (κ1) is 22.4. The van der Waals surface area contributed by atoms with E-state index in [-0.39, 0.29) is 12.0 Å². The van der Waals surface area contributed by atoms with Crippen LogP contribution >= 0.6 is 0 Å². The van der Waals surface area contributed by atoms with Gasteiger partial charge in [0.25, 0.3) is 5.91 Å². The smallest absolute Gasteiger partial charge is 0.272 e. The molecule has 0 N–H and O–H groups in total. The first-order chi connectivity index (χ1) is 15.6. The summed E-state index contributed by atoms with van der Waals surface area (Å²) in [5, 5.41) is 0. The lowest BCUT2D eigenvalue weighted by atomic mass is 9.89. The highest BCUT2D eigenvalue weighted by molar-refractivity contribution is 5.93. The average Bonchev–Trinajstić information content (AvgIpc) is 2.84. The molecule has 7 heteroatoms. The Morgan fingerprint density at radius 2 is 1.62 bits per heavy atom. The Kier molecular flexibility index (Phi) is 7.12. The quantitative estimate of drug-likeness (QED) is 0.658. The van der Waals surface area contributed by atoms with E-state index in [0.717, 1.165) is 42.7 Å². The molecule has 1 amide bonds. The Hall–Kier alpha value is -2.83. The molecule has 0 unspecified atom stereocenters. The monoisotopic (exact) mass is 439 g/mol. The summed E-state index contributed by atoms with van der Waals surface area (Å²) in [6.07, 6.45) is 11.2. The van der Waals surface area contributed by atoms with Crippen LogP contribution < -0.4 is 14.2 Å². The zero-order valence-electron chi connectivity index (χ0n) is 19.3. The molecule has 2 aliphatic rings. The van der Waals surface area contributed by atoms with Gasteiger partial charge in [-0.2, -0.15) is 0 Å². The van der Waals surface area contributed by atoms with E-state index < -0.39 is 0 Å². The van der Waals surface area contributed by atoms with Crippen molar-refractivity contribution < 1.29 is 19.0 Å². The number of rotatable bonds is 6. The molecule has 172 valence electrons. The standard InChI is InChI=1S/C25H33N3O4/c1-17-13-22(30-2)20(15-26-17)18-9-11-28(12-10-18)25(29)21-14-23(31-3)24(16-27-21)32-19-7-5-4-6-8-19/h13-16,18-19H,4-12H2,1-3H3. The van der Waals surface area contributed by atoms with Crippen LogP contribution in [0.3, 0.4) is 0 Å². The van der Waals surface area contributed by atoms with Crippen molar-refractivity contribution in [2.75, 3.05) is 27.3 Å². The van der Waals surface area contributed by atoms with E-state index in [1.54, 1.807) is 26.5 Å². The molecule has 2 aromatic rings. The van der Waals surface area contributed by atoms with Gasteiger partial charge in [0.15, 0.2) is 11.5 Å². The molecule has 1 aliphatic heterocycles. The number of carbonyl (C=O) groups is 1. The molecule has 0 atom stereocenters. The van der Waals surface area contributed by atoms with Crippen molar-refractivity contribution in [3.05, 3.63) is 41.5 Å². The first-order valence-electron chi connectivity index (χ1n) is 11.6. The normalized spacial score (nSPS) is 17.8. The van der Waals surface area contributed by atoms with E-state index in [2.05, 4.69) is 9.97 Å². The van der Waals surface area contributed by atoms with Crippen molar-refractivity contribution in [2.45, 2.75) is 63.9 Å². The van der Waals surface area contributed by atoms with E-state index in [1.807, 2.05) is 24.1 Å². The zero-order chi connectivity index (χ0) is 22.5. The molecule has 2 aromatic heterocycles. The van der Waals surface area contributed by atoms with E-state index in [1.165, 1.54) is 19.3 Å². The number of amides is 1. The number of piperidine rings is 1. The Bertz CT molecular complexity index is 935. The summed E-state index contributed by atoms with van der Waals surface area (Å²) in [6.45, 7) is 3.30. The second-order valence-electron chi connectivity index (χ2n) is 8.73. The molecule has 7 nitrogen and oxygen atoms in total. The SMILES string of the molecule is COc1cc(C(=O)N2CCC(c3cnc(C)cc3OC)CC2)ncc1OC1CCCCC1. The predicted octanol–water partition coefficient (Wildman–Crippen LogP) is 4.53. The van der Waals surface area contributed by atoms with Gasteiger partial charge in [0, 0.05) is 42.7 Å². The van der Waals surface area contributed by atoms with Crippen LogP contribution in [0.2, 0.25) is 0 Å². The molecule has 1 saturated heterocycles. The molecular weight excluding hydrogens is 406 g/mol. The van der Waals surface area contributed by atoms with E-state index >= 15 is 0 Å².